The van der Waals surface area contributed by atoms with Crippen molar-refractivity contribution in [1.29, 1.82) is 0 Å². The Morgan fingerprint density at radius 3 is 2.11 bits per heavy atom. The topological polar surface area (TPSA) is 20.2 Å². The van der Waals surface area contributed by atoms with Crippen LogP contribution in [0, 0.1) is 16.7 Å². The van der Waals surface area contributed by atoms with E-state index in [-0.39, 0.29) is 16.9 Å². The zero-order chi connectivity index (χ0) is 13.8. The molecule has 1 N–H and O–H groups in total. The molecule has 1 heteroatoms. The van der Waals surface area contributed by atoms with Gasteiger partial charge in [-0.15, -0.1) is 0 Å². The molecular formula is C18H22O. The van der Waals surface area contributed by atoms with Crippen LogP contribution in [0.25, 0.3) is 10.8 Å². The Hall–Kier alpha value is -1.34. The van der Waals surface area contributed by atoms with Crippen LogP contribution in [0.15, 0.2) is 42.5 Å². The van der Waals surface area contributed by atoms with Gasteiger partial charge in [0.25, 0.3) is 0 Å². The van der Waals surface area contributed by atoms with Gasteiger partial charge < -0.3 is 5.11 Å². The Kier molecular flexibility index (Phi) is 2.56. The Morgan fingerprint density at radius 1 is 0.895 bits per heavy atom. The normalized spacial score (nSPS) is 22.4. The molecule has 1 aliphatic rings. The number of hydrogen-bond acceptors (Lipinski definition) is 1. The standard InChI is InChI=1S/C18H22O/c1-17(2)16(18(17,3)4)15(19)14-11-7-9-12-8-5-6-10-13(12)14/h5-11,15-16,19H,1-4H3. The highest BCUT2D eigenvalue weighted by molar-refractivity contribution is 5.86. The van der Waals surface area contributed by atoms with Gasteiger partial charge in [0.2, 0.25) is 0 Å². The van der Waals surface area contributed by atoms with E-state index in [2.05, 4.69) is 52.0 Å². The molecule has 1 fully saturated rings. The first-order valence-electron chi connectivity index (χ1n) is 7.03. The fourth-order valence-corrected chi connectivity index (χ4v) is 3.72. The molecular weight excluding hydrogens is 232 g/mol. The van der Waals surface area contributed by atoms with Crippen LogP contribution in [0.2, 0.25) is 0 Å². The van der Waals surface area contributed by atoms with Gasteiger partial charge in [-0.25, -0.2) is 0 Å². The zero-order valence-electron chi connectivity index (χ0n) is 12.1. The van der Waals surface area contributed by atoms with Crippen LogP contribution in [0.5, 0.6) is 0 Å². The first-order chi connectivity index (χ1) is 8.87. The largest absolute Gasteiger partial charge is 0.388 e. The van der Waals surface area contributed by atoms with Gasteiger partial charge in [-0.05, 0) is 27.2 Å². The van der Waals surface area contributed by atoms with Crippen molar-refractivity contribution in [2.24, 2.45) is 16.7 Å². The van der Waals surface area contributed by atoms with E-state index in [1.165, 1.54) is 10.8 Å². The lowest BCUT2D eigenvalue weighted by molar-refractivity contribution is 0.132. The highest BCUT2D eigenvalue weighted by atomic mass is 16.3. The molecule has 1 aliphatic carbocycles. The van der Waals surface area contributed by atoms with E-state index in [1.807, 2.05) is 18.2 Å². The van der Waals surface area contributed by atoms with Crippen LogP contribution in [0.1, 0.15) is 39.4 Å². The third-order valence-corrected chi connectivity index (χ3v) is 5.59. The summed E-state index contributed by atoms with van der Waals surface area (Å²) in [6, 6.07) is 14.5. The van der Waals surface area contributed by atoms with Crippen LogP contribution in [-0.2, 0) is 0 Å². The summed E-state index contributed by atoms with van der Waals surface area (Å²) < 4.78 is 0. The third kappa shape index (κ3) is 1.64. The van der Waals surface area contributed by atoms with Crippen LogP contribution in [0.4, 0.5) is 0 Å². The van der Waals surface area contributed by atoms with Crippen molar-refractivity contribution in [1.82, 2.24) is 0 Å². The van der Waals surface area contributed by atoms with Crippen molar-refractivity contribution in [3.8, 4) is 0 Å². The molecule has 0 aromatic heterocycles. The zero-order valence-corrected chi connectivity index (χ0v) is 12.1. The predicted octanol–water partition coefficient (Wildman–Crippen LogP) is 4.56. The second-order valence-corrected chi connectivity index (χ2v) is 6.93. The molecule has 2 aromatic rings. The Labute approximate surface area is 115 Å². The Balaban J connectivity index is 2.07. The molecule has 0 amide bonds. The van der Waals surface area contributed by atoms with Crippen LogP contribution in [0.3, 0.4) is 0 Å². The minimum absolute atomic E-state index is 0.198. The number of fused-ring (bicyclic) bond motifs is 1. The first-order valence-corrected chi connectivity index (χ1v) is 7.03. The van der Waals surface area contributed by atoms with E-state index in [9.17, 15) is 5.11 Å². The summed E-state index contributed by atoms with van der Waals surface area (Å²) in [5, 5.41) is 13.2. The maximum absolute atomic E-state index is 10.8. The van der Waals surface area contributed by atoms with Gasteiger partial charge in [0.1, 0.15) is 0 Å². The van der Waals surface area contributed by atoms with Crippen molar-refractivity contribution >= 4 is 10.8 Å². The second-order valence-electron chi connectivity index (χ2n) is 6.93. The van der Waals surface area contributed by atoms with Crippen LogP contribution >= 0.6 is 0 Å². The number of hydrogen-bond donors (Lipinski definition) is 1. The fraction of sp³-hybridized carbons (Fsp3) is 0.444. The molecule has 0 aliphatic heterocycles. The summed E-state index contributed by atoms with van der Waals surface area (Å²) in [4.78, 5) is 0. The quantitative estimate of drug-likeness (QED) is 0.833. The molecule has 3 rings (SSSR count). The molecule has 0 radical (unpaired) electrons. The minimum atomic E-state index is -0.379. The van der Waals surface area contributed by atoms with Crippen LogP contribution in [-0.4, -0.2) is 5.11 Å². The number of rotatable bonds is 2. The highest BCUT2D eigenvalue weighted by Crippen LogP contribution is 2.72. The fourth-order valence-electron chi connectivity index (χ4n) is 3.72. The summed E-state index contributed by atoms with van der Waals surface area (Å²) in [5.41, 5.74) is 1.47. The smallest absolute Gasteiger partial charge is 0.0834 e. The van der Waals surface area contributed by atoms with Gasteiger partial charge in [-0.1, -0.05) is 70.2 Å². The number of benzene rings is 2. The summed E-state index contributed by atoms with van der Waals surface area (Å²) in [6.07, 6.45) is -0.379. The minimum Gasteiger partial charge on any atom is -0.388 e. The summed E-state index contributed by atoms with van der Waals surface area (Å²) >= 11 is 0. The Morgan fingerprint density at radius 2 is 1.47 bits per heavy atom. The van der Waals surface area contributed by atoms with E-state index in [0.717, 1.165) is 5.56 Å². The van der Waals surface area contributed by atoms with Gasteiger partial charge >= 0.3 is 0 Å². The summed E-state index contributed by atoms with van der Waals surface area (Å²) in [7, 11) is 0. The molecule has 1 nitrogen and oxygen atoms in total. The van der Waals surface area contributed by atoms with Crippen molar-refractivity contribution in [2.75, 3.05) is 0 Å². The van der Waals surface area contributed by atoms with Gasteiger partial charge in [-0.3, -0.25) is 0 Å². The van der Waals surface area contributed by atoms with E-state index in [0.29, 0.717) is 5.92 Å². The molecule has 100 valence electrons. The van der Waals surface area contributed by atoms with Gasteiger partial charge in [0, 0.05) is 5.92 Å². The van der Waals surface area contributed by atoms with Crippen LogP contribution < -0.4 is 0 Å². The average molecular weight is 254 g/mol. The molecule has 0 bridgehead atoms. The lowest BCUT2D eigenvalue weighted by Crippen LogP contribution is -2.06. The van der Waals surface area contributed by atoms with Crippen molar-refractivity contribution in [3.63, 3.8) is 0 Å². The third-order valence-electron chi connectivity index (χ3n) is 5.59. The second kappa shape index (κ2) is 3.83. The summed E-state index contributed by atoms with van der Waals surface area (Å²) in [6.45, 7) is 9.02. The van der Waals surface area contributed by atoms with E-state index >= 15 is 0 Å². The lowest BCUT2D eigenvalue weighted by Gasteiger charge is -2.16. The average Bonchev–Trinajstić information content (AvgIpc) is 2.78. The van der Waals surface area contributed by atoms with E-state index in [4.69, 9.17) is 0 Å². The molecule has 0 saturated heterocycles. The van der Waals surface area contributed by atoms with Gasteiger partial charge in [-0.2, -0.15) is 0 Å². The highest BCUT2D eigenvalue weighted by Gasteiger charge is 2.67. The molecule has 0 heterocycles. The maximum Gasteiger partial charge on any atom is 0.0834 e. The monoisotopic (exact) mass is 254 g/mol. The first kappa shape index (κ1) is 12.7. The maximum atomic E-state index is 10.8. The number of aliphatic hydroxyl groups excluding tert-OH is 1. The molecule has 19 heavy (non-hydrogen) atoms. The van der Waals surface area contributed by atoms with Crippen molar-refractivity contribution in [3.05, 3.63) is 48.0 Å². The molecule has 1 saturated carbocycles. The molecule has 1 unspecified atom stereocenters. The van der Waals surface area contributed by atoms with Crippen molar-refractivity contribution in [2.45, 2.75) is 33.8 Å². The van der Waals surface area contributed by atoms with Crippen molar-refractivity contribution < 1.29 is 5.11 Å². The van der Waals surface area contributed by atoms with E-state index < -0.39 is 0 Å². The molecule has 2 aromatic carbocycles. The van der Waals surface area contributed by atoms with Gasteiger partial charge in [0.05, 0.1) is 6.10 Å². The Bertz CT molecular complexity index is 605. The SMILES string of the molecule is CC1(C)C(C(O)c2cccc3ccccc23)C1(C)C. The molecule has 0 spiro atoms. The van der Waals surface area contributed by atoms with Gasteiger partial charge in [0.15, 0.2) is 0 Å². The summed E-state index contributed by atoms with van der Waals surface area (Å²) in [5.74, 6) is 0.325. The number of aliphatic hydroxyl groups is 1. The van der Waals surface area contributed by atoms with E-state index in [1.54, 1.807) is 0 Å². The molecule has 1 atom stereocenters. The predicted molar refractivity (Wildman–Crippen MR) is 80.0 cm³/mol. The lowest BCUT2D eigenvalue weighted by atomic mass is 9.94.